The Morgan fingerprint density at radius 2 is 1.78 bits per heavy atom. The lowest BCUT2D eigenvalue weighted by Crippen LogP contribution is -2.15. The van der Waals surface area contributed by atoms with Gasteiger partial charge in [0, 0.05) is 12.5 Å². The van der Waals surface area contributed by atoms with Gasteiger partial charge in [0.25, 0.3) is 0 Å². The van der Waals surface area contributed by atoms with Crippen LogP contribution in [0, 0.1) is 0 Å². The highest BCUT2D eigenvalue weighted by Gasteiger charge is 2.28. The topological polar surface area (TPSA) is 44.5 Å². The van der Waals surface area contributed by atoms with Gasteiger partial charge >= 0.3 is 6.18 Å². The second kappa shape index (κ2) is 5.95. The van der Waals surface area contributed by atoms with Crippen molar-refractivity contribution in [3.63, 3.8) is 0 Å². The molecular formula is C12H16F3NO2. The van der Waals surface area contributed by atoms with Gasteiger partial charge in [-0.25, -0.2) is 0 Å². The van der Waals surface area contributed by atoms with Crippen LogP contribution in [0.5, 0.6) is 11.5 Å². The van der Waals surface area contributed by atoms with E-state index in [4.69, 9.17) is 15.2 Å². The van der Waals surface area contributed by atoms with Crippen molar-refractivity contribution in [3.8, 4) is 11.5 Å². The maximum atomic E-state index is 12.1. The van der Waals surface area contributed by atoms with E-state index in [2.05, 4.69) is 0 Å². The van der Waals surface area contributed by atoms with Crippen molar-refractivity contribution in [1.29, 1.82) is 0 Å². The molecule has 1 aromatic rings. The predicted molar refractivity (Wildman–Crippen MR) is 61.8 cm³/mol. The van der Waals surface area contributed by atoms with E-state index in [0.29, 0.717) is 17.1 Å². The van der Waals surface area contributed by atoms with Crippen molar-refractivity contribution in [2.24, 2.45) is 5.73 Å². The molecule has 1 aromatic carbocycles. The maximum absolute atomic E-state index is 12.1. The van der Waals surface area contributed by atoms with Crippen molar-refractivity contribution in [1.82, 2.24) is 0 Å². The van der Waals surface area contributed by atoms with Gasteiger partial charge in [-0.1, -0.05) is 6.07 Å². The van der Waals surface area contributed by atoms with Crippen molar-refractivity contribution in [2.75, 3.05) is 14.2 Å². The van der Waals surface area contributed by atoms with E-state index in [-0.39, 0.29) is 6.42 Å². The third kappa shape index (κ3) is 4.10. The van der Waals surface area contributed by atoms with Gasteiger partial charge in [0.1, 0.15) is 0 Å². The van der Waals surface area contributed by atoms with Crippen LogP contribution >= 0.6 is 0 Å². The summed E-state index contributed by atoms with van der Waals surface area (Å²) in [6, 6.07) is 4.19. The first-order chi connectivity index (χ1) is 8.37. The number of hydrogen-bond acceptors (Lipinski definition) is 3. The van der Waals surface area contributed by atoms with Crippen LogP contribution in [0.25, 0.3) is 0 Å². The zero-order valence-corrected chi connectivity index (χ0v) is 10.3. The first-order valence-corrected chi connectivity index (χ1v) is 5.41. The van der Waals surface area contributed by atoms with E-state index in [1.807, 2.05) is 0 Å². The summed E-state index contributed by atoms with van der Waals surface area (Å²) in [6.07, 6.45) is -5.24. The highest BCUT2D eigenvalue weighted by Crippen LogP contribution is 2.32. The van der Waals surface area contributed by atoms with Gasteiger partial charge < -0.3 is 15.2 Å². The summed E-state index contributed by atoms with van der Waals surface area (Å²) in [5.74, 6) is 0.974. The van der Waals surface area contributed by atoms with Gasteiger partial charge in [-0.05, 0) is 24.1 Å². The molecule has 2 N–H and O–H groups in total. The zero-order valence-electron chi connectivity index (χ0n) is 10.3. The van der Waals surface area contributed by atoms with Crippen LogP contribution in [0.2, 0.25) is 0 Å². The van der Waals surface area contributed by atoms with E-state index in [1.54, 1.807) is 18.2 Å². The van der Waals surface area contributed by atoms with Crippen LogP contribution in [-0.4, -0.2) is 20.4 Å². The molecule has 0 saturated carbocycles. The monoisotopic (exact) mass is 263 g/mol. The van der Waals surface area contributed by atoms with Gasteiger partial charge in [-0.15, -0.1) is 0 Å². The molecule has 0 aliphatic heterocycles. The van der Waals surface area contributed by atoms with Gasteiger partial charge in [-0.2, -0.15) is 13.2 Å². The number of rotatable bonds is 5. The van der Waals surface area contributed by atoms with E-state index < -0.39 is 18.6 Å². The van der Waals surface area contributed by atoms with Crippen molar-refractivity contribution in [3.05, 3.63) is 23.8 Å². The Morgan fingerprint density at radius 3 is 2.28 bits per heavy atom. The normalized spacial score (nSPS) is 13.2. The number of nitrogens with two attached hydrogens (primary N) is 1. The average Bonchev–Trinajstić information content (AvgIpc) is 2.34. The van der Waals surface area contributed by atoms with Gasteiger partial charge in [-0.3, -0.25) is 0 Å². The number of benzene rings is 1. The molecule has 0 fully saturated rings. The molecule has 0 heterocycles. The smallest absolute Gasteiger partial charge is 0.389 e. The summed E-state index contributed by atoms with van der Waals surface area (Å²) in [4.78, 5) is 0. The number of hydrogen-bond donors (Lipinski definition) is 1. The zero-order chi connectivity index (χ0) is 13.8. The minimum atomic E-state index is -4.19. The molecule has 0 aromatic heterocycles. The molecule has 0 bridgehead atoms. The fourth-order valence-electron chi connectivity index (χ4n) is 1.57. The molecule has 1 rings (SSSR count). The maximum Gasteiger partial charge on any atom is 0.389 e. The third-order valence-corrected chi connectivity index (χ3v) is 2.57. The minimum Gasteiger partial charge on any atom is -0.493 e. The molecule has 0 spiro atoms. The lowest BCUT2D eigenvalue weighted by Gasteiger charge is -2.15. The molecule has 18 heavy (non-hydrogen) atoms. The van der Waals surface area contributed by atoms with Crippen LogP contribution < -0.4 is 15.2 Å². The van der Waals surface area contributed by atoms with E-state index in [9.17, 15) is 13.2 Å². The van der Waals surface area contributed by atoms with Crippen molar-refractivity contribution >= 4 is 0 Å². The molecule has 0 unspecified atom stereocenters. The molecule has 102 valence electrons. The van der Waals surface area contributed by atoms with Crippen LogP contribution in [0.15, 0.2) is 18.2 Å². The average molecular weight is 263 g/mol. The number of methoxy groups -OCH3 is 2. The number of alkyl halides is 3. The second-order valence-electron chi connectivity index (χ2n) is 3.87. The standard InChI is InChI=1S/C12H16F3NO2/c1-17-10-4-3-8(7-11(10)18-2)9(16)5-6-12(13,14)15/h3-4,7,9H,5-6,16H2,1-2H3/t9-/m0/s1. The Kier molecular flexibility index (Phi) is 4.84. The molecule has 3 nitrogen and oxygen atoms in total. The third-order valence-electron chi connectivity index (χ3n) is 2.57. The Labute approximate surface area is 104 Å². The van der Waals surface area contributed by atoms with E-state index in [0.717, 1.165) is 0 Å². The van der Waals surface area contributed by atoms with Gasteiger partial charge in [0.05, 0.1) is 14.2 Å². The van der Waals surface area contributed by atoms with Crippen LogP contribution in [-0.2, 0) is 0 Å². The molecule has 0 saturated heterocycles. The van der Waals surface area contributed by atoms with Gasteiger partial charge in [0.2, 0.25) is 0 Å². The SMILES string of the molecule is COc1ccc([C@@H](N)CCC(F)(F)F)cc1OC. The van der Waals surface area contributed by atoms with Crippen LogP contribution in [0.3, 0.4) is 0 Å². The fraction of sp³-hybridized carbons (Fsp3) is 0.500. The minimum absolute atomic E-state index is 0.154. The number of halogens is 3. The highest BCUT2D eigenvalue weighted by atomic mass is 19.4. The van der Waals surface area contributed by atoms with Crippen LogP contribution in [0.4, 0.5) is 13.2 Å². The second-order valence-corrected chi connectivity index (χ2v) is 3.87. The molecule has 6 heteroatoms. The van der Waals surface area contributed by atoms with E-state index >= 15 is 0 Å². The summed E-state index contributed by atoms with van der Waals surface area (Å²) < 4.78 is 46.4. The highest BCUT2D eigenvalue weighted by molar-refractivity contribution is 5.43. The Morgan fingerprint density at radius 1 is 1.17 bits per heavy atom. The molecule has 0 aliphatic carbocycles. The van der Waals surface area contributed by atoms with Crippen molar-refractivity contribution in [2.45, 2.75) is 25.1 Å². The summed E-state index contributed by atoms with van der Waals surface area (Å²) in [6.45, 7) is 0. The number of ether oxygens (including phenoxy) is 2. The molecule has 1 atom stereocenters. The summed E-state index contributed by atoms with van der Waals surface area (Å²) in [5.41, 5.74) is 6.32. The van der Waals surface area contributed by atoms with Crippen molar-refractivity contribution < 1.29 is 22.6 Å². The molecular weight excluding hydrogens is 247 g/mol. The Bertz CT molecular complexity index is 393. The quantitative estimate of drug-likeness (QED) is 0.888. The molecule has 0 radical (unpaired) electrons. The predicted octanol–water partition coefficient (Wildman–Crippen LogP) is 3.05. The fourth-order valence-corrected chi connectivity index (χ4v) is 1.57. The largest absolute Gasteiger partial charge is 0.493 e. The summed E-state index contributed by atoms with van der Waals surface area (Å²) in [7, 11) is 2.95. The van der Waals surface area contributed by atoms with Crippen LogP contribution in [0.1, 0.15) is 24.4 Å². The molecule has 0 aliphatic rings. The summed E-state index contributed by atoms with van der Waals surface area (Å²) in [5, 5.41) is 0. The lowest BCUT2D eigenvalue weighted by atomic mass is 10.0. The Hall–Kier alpha value is -1.43. The molecule has 0 amide bonds. The Balaban J connectivity index is 2.77. The first-order valence-electron chi connectivity index (χ1n) is 5.41. The van der Waals surface area contributed by atoms with Gasteiger partial charge in [0.15, 0.2) is 11.5 Å². The lowest BCUT2D eigenvalue weighted by molar-refractivity contribution is -0.136. The van der Waals surface area contributed by atoms with E-state index in [1.165, 1.54) is 14.2 Å². The summed E-state index contributed by atoms with van der Waals surface area (Å²) >= 11 is 0. The first kappa shape index (κ1) is 14.6.